The molecule has 1 saturated heterocycles. The van der Waals surface area contributed by atoms with Gasteiger partial charge in [0.25, 0.3) is 0 Å². The van der Waals surface area contributed by atoms with Crippen LogP contribution in [0.1, 0.15) is 24.8 Å². The van der Waals surface area contributed by atoms with Crippen LogP contribution in [0.5, 0.6) is 5.75 Å². The van der Waals surface area contributed by atoms with Gasteiger partial charge in [-0.1, -0.05) is 6.42 Å². The number of hydrogen-bond acceptors (Lipinski definition) is 3. The van der Waals surface area contributed by atoms with E-state index in [9.17, 15) is 5.11 Å². The quantitative estimate of drug-likeness (QED) is 0.574. The summed E-state index contributed by atoms with van der Waals surface area (Å²) in [6.45, 7) is 3.16. The zero-order chi connectivity index (χ0) is 10.7. The van der Waals surface area contributed by atoms with Crippen LogP contribution in [-0.4, -0.2) is 23.1 Å². The predicted octanol–water partition coefficient (Wildman–Crippen LogP) is 1.96. The fourth-order valence-corrected chi connectivity index (χ4v) is 2.09. The summed E-state index contributed by atoms with van der Waals surface area (Å²) in [4.78, 5) is 2.40. The molecule has 3 N–H and O–H groups in total. The first kappa shape index (κ1) is 10.3. The van der Waals surface area contributed by atoms with Gasteiger partial charge in [0, 0.05) is 12.2 Å². The van der Waals surface area contributed by atoms with Crippen LogP contribution in [0.2, 0.25) is 0 Å². The van der Waals surface area contributed by atoms with Gasteiger partial charge in [-0.2, -0.15) is 0 Å². The molecule has 3 heteroatoms. The third-order valence-electron chi connectivity index (χ3n) is 2.97. The Hall–Kier alpha value is -1.22. The van der Waals surface area contributed by atoms with E-state index in [0.29, 0.717) is 5.75 Å². The van der Waals surface area contributed by atoms with Crippen molar-refractivity contribution in [3.8, 4) is 5.75 Å². The molecule has 0 bridgehead atoms. The van der Waals surface area contributed by atoms with Crippen molar-refractivity contribution < 1.29 is 5.11 Å². The van der Waals surface area contributed by atoms with Crippen LogP contribution in [-0.2, 0) is 6.54 Å². The second kappa shape index (κ2) is 4.53. The number of likely N-dealkylation sites (tertiary alicyclic amines) is 1. The maximum absolute atomic E-state index is 9.39. The Balaban J connectivity index is 2.05. The molecule has 2 rings (SSSR count). The molecule has 0 aromatic heterocycles. The lowest BCUT2D eigenvalue weighted by molar-refractivity contribution is 0.221. The monoisotopic (exact) mass is 206 g/mol. The molecule has 0 radical (unpaired) electrons. The SMILES string of the molecule is Nc1ccc(O)cc1CN1CCCCC1. The summed E-state index contributed by atoms with van der Waals surface area (Å²) < 4.78 is 0. The molecule has 15 heavy (non-hydrogen) atoms. The molecular formula is C12H18N2O. The van der Waals surface area contributed by atoms with E-state index in [4.69, 9.17) is 5.73 Å². The summed E-state index contributed by atoms with van der Waals surface area (Å²) in [5.41, 5.74) is 7.68. The number of piperidine rings is 1. The maximum Gasteiger partial charge on any atom is 0.116 e. The molecular weight excluding hydrogens is 188 g/mol. The highest BCUT2D eigenvalue weighted by atomic mass is 16.3. The highest BCUT2D eigenvalue weighted by molar-refractivity contribution is 5.50. The van der Waals surface area contributed by atoms with Gasteiger partial charge in [0.2, 0.25) is 0 Å². The van der Waals surface area contributed by atoms with Crippen LogP contribution in [0.3, 0.4) is 0 Å². The van der Waals surface area contributed by atoms with Crippen molar-refractivity contribution in [1.29, 1.82) is 0 Å². The molecule has 1 aliphatic heterocycles. The molecule has 0 unspecified atom stereocenters. The topological polar surface area (TPSA) is 49.5 Å². The van der Waals surface area contributed by atoms with Gasteiger partial charge in [-0.15, -0.1) is 0 Å². The Kier molecular flexibility index (Phi) is 3.11. The van der Waals surface area contributed by atoms with Gasteiger partial charge in [-0.25, -0.2) is 0 Å². The summed E-state index contributed by atoms with van der Waals surface area (Å²) >= 11 is 0. The van der Waals surface area contributed by atoms with Crippen molar-refractivity contribution in [1.82, 2.24) is 4.90 Å². The van der Waals surface area contributed by atoms with Crippen LogP contribution in [0, 0.1) is 0 Å². The fourth-order valence-electron chi connectivity index (χ4n) is 2.09. The number of phenolic OH excluding ortho intramolecular Hbond substituents is 1. The molecule has 1 aliphatic rings. The van der Waals surface area contributed by atoms with Crippen LogP contribution >= 0.6 is 0 Å². The number of nitrogens with two attached hydrogens (primary N) is 1. The zero-order valence-corrected chi connectivity index (χ0v) is 8.95. The van der Waals surface area contributed by atoms with E-state index in [1.54, 1.807) is 18.2 Å². The molecule has 82 valence electrons. The maximum atomic E-state index is 9.39. The van der Waals surface area contributed by atoms with Crippen LogP contribution in [0.25, 0.3) is 0 Å². The summed E-state index contributed by atoms with van der Waals surface area (Å²) in [6, 6.07) is 5.17. The Morgan fingerprint density at radius 3 is 2.67 bits per heavy atom. The summed E-state index contributed by atoms with van der Waals surface area (Å²) in [5, 5.41) is 9.39. The first-order valence-electron chi connectivity index (χ1n) is 5.55. The Labute approximate surface area is 90.5 Å². The van der Waals surface area contributed by atoms with Crippen LogP contribution in [0.15, 0.2) is 18.2 Å². The van der Waals surface area contributed by atoms with Crippen molar-refractivity contribution >= 4 is 5.69 Å². The first-order chi connectivity index (χ1) is 7.25. The molecule has 1 heterocycles. The lowest BCUT2D eigenvalue weighted by Gasteiger charge is -2.26. The average Bonchev–Trinajstić information content (AvgIpc) is 2.25. The van der Waals surface area contributed by atoms with Gasteiger partial charge in [0.15, 0.2) is 0 Å². The highest BCUT2D eigenvalue weighted by Crippen LogP contribution is 2.21. The van der Waals surface area contributed by atoms with Crippen molar-refractivity contribution in [2.75, 3.05) is 18.8 Å². The third kappa shape index (κ3) is 2.63. The minimum atomic E-state index is 0.302. The van der Waals surface area contributed by atoms with Gasteiger partial charge in [0.1, 0.15) is 5.75 Å². The zero-order valence-electron chi connectivity index (χ0n) is 8.95. The van der Waals surface area contributed by atoms with E-state index in [-0.39, 0.29) is 0 Å². The lowest BCUT2D eigenvalue weighted by Crippen LogP contribution is -2.29. The van der Waals surface area contributed by atoms with Crippen molar-refractivity contribution in [3.63, 3.8) is 0 Å². The van der Waals surface area contributed by atoms with Gasteiger partial charge in [-0.05, 0) is 49.7 Å². The van der Waals surface area contributed by atoms with Crippen molar-refractivity contribution in [3.05, 3.63) is 23.8 Å². The predicted molar refractivity (Wildman–Crippen MR) is 61.6 cm³/mol. The van der Waals surface area contributed by atoms with E-state index in [2.05, 4.69) is 4.90 Å². The van der Waals surface area contributed by atoms with Crippen LogP contribution in [0.4, 0.5) is 5.69 Å². The molecule has 1 fully saturated rings. The molecule has 0 atom stereocenters. The van der Waals surface area contributed by atoms with E-state index in [0.717, 1.165) is 30.9 Å². The number of anilines is 1. The Bertz CT molecular complexity index is 332. The normalized spacial score (nSPS) is 17.9. The second-order valence-corrected chi connectivity index (χ2v) is 4.22. The van der Waals surface area contributed by atoms with Gasteiger partial charge in [-0.3, -0.25) is 4.90 Å². The number of aromatic hydroxyl groups is 1. The largest absolute Gasteiger partial charge is 0.508 e. The highest BCUT2D eigenvalue weighted by Gasteiger charge is 2.11. The number of hydrogen-bond donors (Lipinski definition) is 2. The molecule has 0 aliphatic carbocycles. The van der Waals surface area contributed by atoms with Gasteiger partial charge in [0.05, 0.1) is 0 Å². The average molecular weight is 206 g/mol. The smallest absolute Gasteiger partial charge is 0.116 e. The minimum Gasteiger partial charge on any atom is -0.508 e. The minimum absolute atomic E-state index is 0.302. The number of rotatable bonds is 2. The first-order valence-corrected chi connectivity index (χ1v) is 5.55. The standard InChI is InChI=1S/C12H18N2O/c13-12-5-4-11(15)8-10(12)9-14-6-2-1-3-7-14/h4-5,8,15H,1-3,6-7,9,13H2. The summed E-state index contributed by atoms with van der Waals surface area (Å²) in [5.74, 6) is 0.302. The second-order valence-electron chi connectivity index (χ2n) is 4.22. The number of nitrogens with zero attached hydrogens (tertiary/aromatic N) is 1. The Morgan fingerprint density at radius 2 is 1.93 bits per heavy atom. The van der Waals surface area contributed by atoms with Crippen LogP contribution < -0.4 is 5.73 Å². The van der Waals surface area contributed by atoms with Gasteiger partial charge < -0.3 is 10.8 Å². The van der Waals surface area contributed by atoms with E-state index in [1.807, 2.05) is 0 Å². The number of phenols is 1. The van der Waals surface area contributed by atoms with E-state index < -0.39 is 0 Å². The van der Waals surface area contributed by atoms with E-state index in [1.165, 1.54) is 19.3 Å². The molecule has 0 amide bonds. The van der Waals surface area contributed by atoms with Gasteiger partial charge >= 0.3 is 0 Å². The summed E-state index contributed by atoms with van der Waals surface area (Å²) in [6.07, 6.45) is 3.89. The van der Waals surface area contributed by atoms with Crippen molar-refractivity contribution in [2.24, 2.45) is 0 Å². The molecule has 0 saturated carbocycles. The van der Waals surface area contributed by atoms with Crippen molar-refractivity contribution in [2.45, 2.75) is 25.8 Å². The number of benzene rings is 1. The lowest BCUT2D eigenvalue weighted by atomic mass is 10.1. The summed E-state index contributed by atoms with van der Waals surface area (Å²) in [7, 11) is 0. The third-order valence-corrected chi connectivity index (χ3v) is 2.97. The Morgan fingerprint density at radius 1 is 1.20 bits per heavy atom. The molecule has 3 nitrogen and oxygen atoms in total. The fraction of sp³-hybridized carbons (Fsp3) is 0.500. The molecule has 1 aromatic rings. The van der Waals surface area contributed by atoms with E-state index >= 15 is 0 Å². The molecule has 1 aromatic carbocycles. The molecule has 0 spiro atoms. The number of nitrogen functional groups attached to an aromatic ring is 1.